The van der Waals surface area contributed by atoms with E-state index in [0.717, 1.165) is 27.6 Å². The molecule has 0 fully saturated rings. The summed E-state index contributed by atoms with van der Waals surface area (Å²) in [5, 5.41) is 0. The van der Waals surface area contributed by atoms with Crippen molar-refractivity contribution >= 4 is 44.7 Å². The van der Waals surface area contributed by atoms with Gasteiger partial charge in [0.15, 0.2) is 0 Å². The van der Waals surface area contributed by atoms with Gasteiger partial charge < -0.3 is 4.90 Å². The van der Waals surface area contributed by atoms with Crippen LogP contribution in [-0.4, -0.2) is 18.6 Å². The summed E-state index contributed by atoms with van der Waals surface area (Å²) < 4.78 is 1.85. The van der Waals surface area contributed by atoms with E-state index in [1.807, 2.05) is 31.4 Å². The molecule has 0 aromatic carbocycles. The molecule has 90 valence electrons. The van der Waals surface area contributed by atoms with Crippen LogP contribution < -0.4 is 4.90 Å². The van der Waals surface area contributed by atoms with Gasteiger partial charge in [-0.25, -0.2) is 4.98 Å². The standard InChI is InChI=1S/C12H12BrClN2S/c1-16(12-5-2-9(13)8-15-12)7-6-10-3-4-11(14)17-10/h2-5,8H,6-7H2,1H3. The molecule has 2 heterocycles. The van der Waals surface area contributed by atoms with Crippen LogP contribution in [0, 0.1) is 0 Å². The summed E-state index contributed by atoms with van der Waals surface area (Å²) >= 11 is 10.9. The fourth-order valence-electron chi connectivity index (χ4n) is 1.47. The number of hydrogen-bond acceptors (Lipinski definition) is 3. The molecular weight excluding hydrogens is 320 g/mol. The lowest BCUT2D eigenvalue weighted by atomic mass is 10.3. The Bertz CT molecular complexity index is 484. The highest BCUT2D eigenvalue weighted by atomic mass is 79.9. The lowest BCUT2D eigenvalue weighted by Gasteiger charge is -2.17. The second-order valence-electron chi connectivity index (χ2n) is 3.71. The van der Waals surface area contributed by atoms with Crippen molar-refractivity contribution in [2.45, 2.75) is 6.42 Å². The first-order chi connectivity index (χ1) is 8.15. The molecule has 0 aliphatic rings. The molecule has 5 heteroatoms. The molecule has 2 nitrogen and oxygen atoms in total. The fraction of sp³-hybridized carbons (Fsp3) is 0.250. The first kappa shape index (κ1) is 12.9. The van der Waals surface area contributed by atoms with Crippen LogP contribution >= 0.6 is 38.9 Å². The normalized spacial score (nSPS) is 10.5. The molecule has 0 saturated heterocycles. The SMILES string of the molecule is CN(CCc1ccc(Cl)s1)c1ccc(Br)cn1. The number of anilines is 1. The van der Waals surface area contributed by atoms with E-state index in [-0.39, 0.29) is 0 Å². The van der Waals surface area contributed by atoms with Crippen LogP contribution in [0.25, 0.3) is 0 Å². The second kappa shape index (κ2) is 5.85. The van der Waals surface area contributed by atoms with Crippen molar-refractivity contribution in [2.75, 3.05) is 18.5 Å². The third kappa shape index (κ3) is 3.69. The van der Waals surface area contributed by atoms with Crippen molar-refractivity contribution in [3.63, 3.8) is 0 Å². The molecule has 0 aliphatic carbocycles. The first-order valence-corrected chi connectivity index (χ1v) is 7.21. The van der Waals surface area contributed by atoms with Crippen LogP contribution in [0.1, 0.15) is 4.88 Å². The van der Waals surface area contributed by atoms with Gasteiger partial charge in [0, 0.05) is 29.1 Å². The van der Waals surface area contributed by atoms with Crippen LogP contribution in [0.5, 0.6) is 0 Å². The predicted octanol–water partition coefficient (Wildman–Crippen LogP) is 4.24. The highest BCUT2D eigenvalue weighted by molar-refractivity contribution is 9.10. The van der Waals surface area contributed by atoms with Crippen LogP contribution in [0.15, 0.2) is 34.9 Å². The summed E-state index contributed by atoms with van der Waals surface area (Å²) in [6.07, 6.45) is 2.81. The smallest absolute Gasteiger partial charge is 0.128 e. The minimum atomic E-state index is 0.851. The van der Waals surface area contributed by atoms with Crippen LogP contribution in [0.4, 0.5) is 5.82 Å². The number of aromatic nitrogens is 1. The van der Waals surface area contributed by atoms with Crippen molar-refractivity contribution < 1.29 is 0 Å². The zero-order valence-electron chi connectivity index (χ0n) is 9.36. The minimum Gasteiger partial charge on any atom is -0.359 e. The number of likely N-dealkylation sites (N-methyl/N-ethyl adjacent to an activating group) is 1. The maximum Gasteiger partial charge on any atom is 0.128 e. The molecular formula is C12H12BrClN2S. The van der Waals surface area contributed by atoms with E-state index in [2.05, 4.69) is 31.9 Å². The Morgan fingerprint density at radius 3 is 2.76 bits per heavy atom. The van der Waals surface area contributed by atoms with Crippen molar-refractivity contribution in [3.8, 4) is 0 Å². The lowest BCUT2D eigenvalue weighted by Crippen LogP contribution is -2.20. The molecule has 0 N–H and O–H groups in total. The monoisotopic (exact) mass is 330 g/mol. The van der Waals surface area contributed by atoms with Gasteiger partial charge in [0.1, 0.15) is 5.82 Å². The Morgan fingerprint density at radius 2 is 2.18 bits per heavy atom. The fourth-order valence-corrected chi connectivity index (χ4v) is 2.78. The van der Waals surface area contributed by atoms with Gasteiger partial charge >= 0.3 is 0 Å². The minimum absolute atomic E-state index is 0.851. The molecule has 2 aromatic heterocycles. The molecule has 0 spiro atoms. The number of hydrogen-bond donors (Lipinski definition) is 0. The molecule has 0 radical (unpaired) electrons. The van der Waals surface area contributed by atoms with Gasteiger partial charge in [0.25, 0.3) is 0 Å². The zero-order valence-corrected chi connectivity index (χ0v) is 12.5. The third-order valence-electron chi connectivity index (χ3n) is 2.43. The number of pyridine rings is 1. The zero-order chi connectivity index (χ0) is 12.3. The van der Waals surface area contributed by atoms with Gasteiger partial charge in [-0.05, 0) is 46.6 Å². The Hall–Kier alpha value is -0.580. The van der Waals surface area contributed by atoms with Crippen molar-refractivity contribution in [2.24, 2.45) is 0 Å². The third-order valence-corrected chi connectivity index (χ3v) is 4.19. The van der Waals surface area contributed by atoms with E-state index in [0.29, 0.717) is 0 Å². The average molecular weight is 332 g/mol. The Balaban J connectivity index is 1.93. The Morgan fingerprint density at radius 1 is 1.35 bits per heavy atom. The Labute approximate surface area is 118 Å². The summed E-state index contributed by atoms with van der Waals surface area (Å²) in [6, 6.07) is 8.03. The van der Waals surface area contributed by atoms with Gasteiger partial charge in [-0.3, -0.25) is 0 Å². The summed E-state index contributed by atoms with van der Waals surface area (Å²) in [5.74, 6) is 0.982. The molecule has 0 bridgehead atoms. The van der Waals surface area contributed by atoms with Gasteiger partial charge in [-0.2, -0.15) is 0 Å². The lowest BCUT2D eigenvalue weighted by molar-refractivity contribution is 0.868. The molecule has 17 heavy (non-hydrogen) atoms. The van der Waals surface area contributed by atoms with Gasteiger partial charge in [0.2, 0.25) is 0 Å². The van der Waals surface area contributed by atoms with Gasteiger partial charge in [-0.1, -0.05) is 11.6 Å². The number of thiophene rings is 1. The predicted molar refractivity (Wildman–Crippen MR) is 78.2 cm³/mol. The van der Waals surface area contributed by atoms with E-state index >= 15 is 0 Å². The average Bonchev–Trinajstić information content (AvgIpc) is 2.73. The van der Waals surface area contributed by atoms with Crippen LogP contribution in [0.3, 0.4) is 0 Å². The van der Waals surface area contributed by atoms with E-state index in [1.54, 1.807) is 11.3 Å². The highest BCUT2D eigenvalue weighted by Gasteiger charge is 2.04. The maximum absolute atomic E-state index is 5.90. The Kier molecular flexibility index (Phi) is 4.42. The van der Waals surface area contributed by atoms with Crippen LogP contribution in [0.2, 0.25) is 4.34 Å². The second-order valence-corrected chi connectivity index (χ2v) is 6.43. The molecule has 0 amide bonds. The van der Waals surface area contributed by atoms with E-state index < -0.39 is 0 Å². The van der Waals surface area contributed by atoms with Gasteiger partial charge in [0.05, 0.1) is 4.34 Å². The topological polar surface area (TPSA) is 16.1 Å². The summed E-state index contributed by atoms with van der Waals surface area (Å²) in [7, 11) is 2.05. The maximum atomic E-state index is 5.90. The summed E-state index contributed by atoms with van der Waals surface area (Å²) in [5.41, 5.74) is 0. The van der Waals surface area contributed by atoms with Crippen molar-refractivity contribution in [3.05, 3.63) is 44.1 Å². The number of nitrogens with zero attached hydrogens (tertiary/aromatic N) is 2. The highest BCUT2D eigenvalue weighted by Crippen LogP contribution is 2.22. The molecule has 0 saturated carbocycles. The molecule has 0 unspecified atom stereocenters. The molecule has 0 aliphatic heterocycles. The van der Waals surface area contributed by atoms with Crippen molar-refractivity contribution in [1.82, 2.24) is 4.98 Å². The number of rotatable bonds is 4. The molecule has 0 atom stereocenters. The summed E-state index contributed by atoms with van der Waals surface area (Å²) in [6.45, 7) is 0.936. The number of halogens is 2. The van der Waals surface area contributed by atoms with E-state index in [1.165, 1.54) is 4.88 Å². The molecule has 2 aromatic rings. The van der Waals surface area contributed by atoms with Gasteiger partial charge in [-0.15, -0.1) is 11.3 Å². The van der Waals surface area contributed by atoms with Crippen LogP contribution in [-0.2, 0) is 6.42 Å². The quantitative estimate of drug-likeness (QED) is 0.833. The van der Waals surface area contributed by atoms with Crippen molar-refractivity contribution in [1.29, 1.82) is 0 Å². The largest absolute Gasteiger partial charge is 0.359 e. The van der Waals surface area contributed by atoms with E-state index in [9.17, 15) is 0 Å². The first-order valence-electron chi connectivity index (χ1n) is 5.22. The summed E-state index contributed by atoms with van der Waals surface area (Å²) in [4.78, 5) is 7.80. The van der Waals surface area contributed by atoms with E-state index in [4.69, 9.17) is 11.6 Å². The molecule has 2 rings (SSSR count).